The molecule has 1 aromatic rings. The number of nitrogens with zero attached hydrogens (tertiary/aromatic N) is 1. The van der Waals surface area contributed by atoms with E-state index in [-0.39, 0.29) is 29.4 Å². The number of carbonyl (C=O) groups excluding carboxylic acids is 2. The minimum atomic E-state index is -0.522. The Bertz CT molecular complexity index is 574. The summed E-state index contributed by atoms with van der Waals surface area (Å²) in [5.74, 6) is -0.948. The number of benzene rings is 1. The lowest BCUT2D eigenvalue weighted by atomic mass is 9.97. The number of piperidine rings is 1. The molecule has 1 heterocycles. The van der Waals surface area contributed by atoms with Crippen LogP contribution in [0.15, 0.2) is 18.2 Å². The van der Waals surface area contributed by atoms with Crippen LogP contribution in [-0.4, -0.2) is 43.0 Å². The Kier molecular flexibility index (Phi) is 6.36. The second kappa shape index (κ2) is 8.26. The van der Waals surface area contributed by atoms with Crippen LogP contribution in [0, 0.1) is 11.7 Å². The van der Waals surface area contributed by atoms with E-state index in [0.29, 0.717) is 38.2 Å². The Morgan fingerprint density at radius 1 is 1.39 bits per heavy atom. The molecule has 1 fully saturated rings. The van der Waals surface area contributed by atoms with Crippen molar-refractivity contribution in [1.82, 2.24) is 4.90 Å². The molecule has 1 aromatic carbocycles. The predicted octanol–water partition coefficient (Wildman–Crippen LogP) is 2.69. The second-order valence-corrected chi connectivity index (χ2v) is 5.89. The van der Waals surface area contributed by atoms with Crippen molar-refractivity contribution in [1.29, 1.82) is 0 Å². The SMILES string of the molecule is CCOC(=O)C1CCN(CC(=O)Nc2ccc(F)c(Cl)c2)CC1. The van der Waals surface area contributed by atoms with Crippen LogP contribution in [0.25, 0.3) is 0 Å². The Morgan fingerprint density at radius 2 is 2.09 bits per heavy atom. The molecular weight excluding hydrogens is 323 g/mol. The average Bonchev–Trinajstić information content (AvgIpc) is 2.52. The summed E-state index contributed by atoms with van der Waals surface area (Å²) in [6, 6.07) is 4.05. The number of hydrogen-bond donors (Lipinski definition) is 1. The zero-order valence-corrected chi connectivity index (χ0v) is 13.7. The highest BCUT2D eigenvalue weighted by Gasteiger charge is 2.26. The quantitative estimate of drug-likeness (QED) is 0.836. The van der Waals surface area contributed by atoms with Crippen molar-refractivity contribution in [3.63, 3.8) is 0 Å². The molecule has 1 aliphatic heterocycles. The predicted molar refractivity (Wildman–Crippen MR) is 85.8 cm³/mol. The number of nitrogens with one attached hydrogen (secondary N) is 1. The van der Waals surface area contributed by atoms with Crippen molar-refractivity contribution < 1.29 is 18.7 Å². The van der Waals surface area contributed by atoms with Crippen molar-refractivity contribution >= 4 is 29.2 Å². The Hall–Kier alpha value is -1.66. The first-order valence-electron chi connectivity index (χ1n) is 7.63. The lowest BCUT2D eigenvalue weighted by Crippen LogP contribution is -2.41. The smallest absolute Gasteiger partial charge is 0.309 e. The number of amides is 1. The van der Waals surface area contributed by atoms with Crippen molar-refractivity contribution in [2.24, 2.45) is 5.92 Å². The van der Waals surface area contributed by atoms with E-state index < -0.39 is 5.82 Å². The monoisotopic (exact) mass is 342 g/mol. The van der Waals surface area contributed by atoms with Gasteiger partial charge in [0, 0.05) is 5.69 Å². The van der Waals surface area contributed by atoms with Crippen molar-refractivity contribution in [3.05, 3.63) is 29.0 Å². The summed E-state index contributed by atoms with van der Waals surface area (Å²) in [7, 11) is 0. The maximum absolute atomic E-state index is 13.1. The summed E-state index contributed by atoms with van der Waals surface area (Å²) in [6.07, 6.45) is 1.38. The molecule has 2 rings (SSSR count). The van der Waals surface area contributed by atoms with E-state index in [9.17, 15) is 14.0 Å². The number of carbonyl (C=O) groups is 2. The Labute approximate surface area is 139 Å². The molecule has 0 saturated carbocycles. The van der Waals surface area contributed by atoms with Gasteiger partial charge in [0.05, 0.1) is 24.1 Å². The van der Waals surface area contributed by atoms with Gasteiger partial charge in [-0.1, -0.05) is 11.6 Å². The number of hydrogen-bond acceptors (Lipinski definition) is 4. The number of esters is 1. The van der Waals surface area contributed by atoms with Gasteiger partial charge in [0.1, 0.15) is 5.82 Å². The van der Waals surface area contributed by atoms with Crippen LogP contribution in [0.5, 0.6) is 0 Å². The van der Waals surface area contributed by atoms with Crippen molar-refractivity contribution in [2.45, 2.75) is 19.8 Å². The van der Waals surface area contributed by atoms with Crippen LogP contribution in [0.1, 0.15) is 19.8 Å². The molecule has 1 saturated heterocycles. The highest BCUT2D eigenvalue weighted by atomic mass is 35.5. The molecule has 5 nitrogen and oxygen atoms in total. The van der Waals surface area contributed by atoms with E-state index in [2.05, 4.69) is 5.32 Å². The zero-order chi connectivity index (χ0) is 16.8. The minimum Gasteiger partial charge on any atom is -0.466 e. The highest BCUT2D eigenvalue weighted by molar-refractivity contribution is 6.31. The van der Waals surface area contributed by atoms with E-state index in [4.69, 9.17) is 16.3 Å². The molecule has 0 aromatic heterocycles. The maximum Gasteiger partial charge on any atom is 0.309 e. The second-order valence-electron chi connectivity index (χ2n) is 5.48. The molecule has 0 unspecified atom stereocenters. The molecule has 0 radical (unpaired) electrons. The third-order valence-corrected chi connectivity index (χ3v) is 4.07. The topological polar surface area (TPSA) is 58.6 Å². The Morgan fingerprint density at radius 3 is 2.70 bits per heavy atom. The fraction of sp³-hybridized carbons (Fsp3) is 0.500. The van der Waals surface area contributed by atoms with Gasteiger partial charge in [-0.15, -0.1) is 0 Å². The zero-order valence-electron chi connectivity index (χ0n) is 13.0. The molecule has 7 heteroatoms. The molecule has 0 spiro atoms. The van der Waals surface area contributed by atoms with Crippen LogP contribution in [0.2, 0.25) is 5.02 Å². The van der Waals surface area contributed by atoms with Crippen LogP contribution in [0.3, 0.4) is 0 Å². The minimum absolute atomic E-state index is 0.0296. The third kappa shape index (κ3) is 5.18. The fourth-order valence-electron chi connectivity index (χ4n) is 2.56. The number of rotatable bonds is 5. The number of likely N-dealkylation sites (tertiary alicyclic amines) is 1. The van der Waals surface area contributed by atoms with Gasteiger partial charge in [0.2, 0.25) is 5.91 Å². The molecule has 126 valence electrons. The number of anilines is 1. The van der Waals surface area contributed by atoms with Gasteiger partial charge in [-0.05, 0) is 51.1 Å². The van der Waals surface area contributed by atoms with Crippen LogP contribution >= 0.6 is 11.6 Å². The first kappa shape index (κ1) is 17.7. The molecule has 0 atom stereocenters. The highest BCUT2D eigenvalue weighted by Crippen LogP contribution is 2.20. The van der Waals surface area contributed by atoms with E-state index in [1.807, 2.05) is 4.90 Å². The summed E-state index contributed by atoms with van der Waals surface area (Å²) >= 11 is 5.68. The lowest BCUT2D eigenvalue weighted by Gasteiger charge is -2.30. The number of ether oxygens (including phenoxy) is 1. The van der Waals surface area contributed by atoms with E-state index in [1.165, 1.54) is 18.2 Å². The van der Waals surface area contributed by atoms with Gasteiger partial charge in [-0.3, -0.25) is 14.5 Å². The summed E-state index contributed by atoms with van der Waals surface area (Å²) in [4.78, 5) is 25.7. The first-order valence-corrected chi connectivity index (χ1v) is 8.01. The fourth-order valence-corrected chi connectivity index (χ4v) is 2.74. The van der Waals surface area contributed by atoms with E-state index in [0.717, 1.165) is 0 Å². The normalized spacial score (nSPS) is 16.1. The van der Waals surface area contributed by atoms with Gasteiger partial charge in [-0.25, -0.2) is 4.39 Å². The maximum atomic E-state index is 13.1. The molecule has 0 aliphatic carbocycles. The van der Waals surface area contributed by atoms with Gasteiger partial charge >= 0.3 is 5.97 Å². The van der Waals surface area contributed by atoms with Crippen molar-refractivity contribution in [2.75, 3.05) is 31.6 Å². The molecular formula is C16H20ClFN2O3. The van der Waals surface area contributed by atoms with Crippen LogP contribution in [-0.2, 0) is 14.3 Å². The van der Waals surface area contributed by atoms with Gasteiger partial charge in [0.15, 0.2) is 0 Å². The first-order chi connectivity index (χ1) is 11.0. The standard InChI is InChI=1S/C16H20ClFN2O3/c1-2-23-16(22)11-5-7-20(8-6-11)10-15(21)19-12-3-4-14(18)13(17)9-12/h3-4,9,11H,2,5-8,10H2,1H3,(H,19,21). The van der Waals surface area contributed by atoms with E-state index >= 15 is 0 Å². The number of halogens is 2. The van der Waals surface area contributed by atoms with Gasteiger partial charge < -0.3 is 10.1 Å². The van der Waals surface area contributed by atoms with Gasteiger partial charge in [0.25, 0.3) is 0 Å². The van der Waals surface area contributed by atoms with Crippen LogP contribution < -0.4 is 5.32 Å². The molecule has 1 amide bonds. The largest absolute Gasteiger partial charge is 0.466 e. The molecule has 1 N–H and O–H groups in total. The average molecular weight is 343 g/mol. The van der Waals surface area contributed by atoms with Crippen LogP contribution in [0.4, 0.5) is 10.1 Å². The van der Waals surface area contributed by atoms with Gasteiger partial charge in [-0.2, -0.15) is 0 Å². The third-order valence-electron chi connectivity index (χ3n) is 3.78. The Balaban J connectivity index is 1.78. The molecule has 23 heavy (non-hydrogen) atoms. The summed E-state index contributed by atoms with van der Waals surface area (Å²) in [6.45, 7) is 3.74. The molecule has 0 bridgehead atoms. The van der Waals surface area contributed by atoms with E-state index in [1.54, 1.807) is 6.92 Å². The van der Waals surface area contributed by atoms with Crippen molar-refractivity contribution in [3.8, 4) is 0 Å². The summed E-state index contributed by atoms with van der Waals surface area (Å²) in [5, 5.41) is 2.66. The summed E-state index contributed by atoms with van der Waals surface area (Å²) in [5.41, 5.74) is 0.461. The molecule has 1 aliphatic rings. The lowest BCUT2D eigenvalue weighted by molar-refractivity contribution is -0.149. The summed E-state index contributed by atoms with van der Waals surface area (Å²) < 4.78 is 18.1.